The number of halogens is 2. The SMILES string of the molecule is CCOC(=O)Nc1ccc2c(COc3c(Cl)cccc3Cl)cc(=O)oc2c1. The lowest BCUT2D eigenvalue weighted by Crippen LogP contribution is -2.13. The van der Waals surface area contributed by atoms with Gasteiger partial charge in [0.2, 0.25) is 0 Å². The second-order valence-electron chi connectivity index (χ2n) is 5.49. The number of ether oxygens (including phenoxy) is 2. The van der Waals surface area contributed by atoms with Gasteiger partial charge in [-0.05, 0) is 31.2 Å². The lowest BCUT2D eigenvalue weighted by Gasteiger charge is -2.11. The largest absolute Gasteiger partial charge is 0.486 e. The van der Waals surface area contributed by atoms with Gasteiger partial charge in [-0.25, -0.2) is 9.59 Å². The Morgan fingerprint density at radius 3 is 2.59 bits per heavy atom. The molecule has 3 rings (SSSR count). The second-order valence-corrected chi connectivity index (χ2v) is 6.30. The number of carbonyl (C=O) groups excluding carboxylic acids is 1. The third-order valence-corrected chi connectivity index (χ3v) is 4.24. The van der Waals surface area contributed by atoms with Gasteiger partial charge in [0.25, 0.3) is 0 Å². The van der Waals surface area contributed by atoms with Crippen molar-refractivity contribution in [3.05, 3.63) is 68.5 Å². The number of nitrogens with one attached hydrogen (secondary N) is 1. The molecular formula is C19H15Cl2NO5. The minimum Gasteiger partial charge on any atom is -0.486 e. The van der Waals surface area contributed by atoms with Gasteiger partial charge in [0, 0.05) is 28.8 Å². The van der Waals surface area contributed by atoms with Crippen LogP contribution in [0.4, 0.5) is 10.5 Å². The molecule has 1 heterocycles. The smallest absolute Gasteiger partial charge is 0.411 e. The summed E-state index contributed by atoms with van der Waals surface area (Å²) in [5.74, 6) is 0.336. The first-order valence-corrected chi connectivity index (χ1v) is 8.81. The quantitative estimate of drug-likeness (QED) is 0.584. The maximum absolute atomic E-state index is 11.9. The fourth-order valence-electron chi connectivity index (χ4n) is 2.48. The van der Waals surface area contributed by atoms with Gasteiger partial charge in [-0.2, -0.15) is 0 Å². The minimum atomic E-state index is -0.591. The zero-order valence-corrected chi connectivity index (χ0v) is 15.8. The van der Waals surface area contributed by atoms with Crippen molar-refractivity contribution in [2.24, 2.45) is 0 Å². The summed E-state index contributed by atoms with van der Waals surface area (Å²) < 4.78 is 15.8. The number of para-hydroxylation sites is 1. The summed E-state index contributed by atoms with van der Waals surface area (Å²) in [4.78, 5) is 23.4. The molecule has 0 bridgehead atoms. The maximum atomic E-state index is 11.9. The van der Waals surface area contributed by atoms with Crippen LogP contribution < -0.4 is 15.7 Å². The molecule has 1 amide bonds. The van der Waals surface area contributed by atoms with E-state index in [4.69, 9.17) is 37.1 Å². The number of hydrogen-bond donors (Lipinski definition) is 1. The molecule has 0 radical (unpaired) electrons. The lowest BCUT2D eigenvalue weighted by atomic mass is 10.1. The van der Waals surface area contributed by atoms with Crippen molar-refractivity contribution >= 4 is 46.0 Å². The van der Waals surface area contributed by atoms with Crippen LogP contribution in [0.25, 0.3) is 11.0 Å². The molecule has 3 aromatic rings. The van der Waals surface area contributed by atoms with Crippen molar-refractivity contribution in [2.75, 3.05) is 11.9 Å². The van der Waals surface area contributed by atoms with Crippen LogP contribution in [-0.4, -0.2) is 12.7 Å². The Kier molecular flexibility index (Phi) is 5.88. The van der Waals surface area contributed by atoms with Crippen molar-refractivity contribution in [1.29, 1.82) is 0 Å². The number of hydrogen-bond acceptors (Lipinski definition) is 5. The molecule has 0 unspecified atom stereocenters. The molecule has 0 spiro atoms. The van der Waals surface area contributed by atoms with E-state index in [0.717, 1.165) is 0 Å². The summed E-state index contributed by atoms with van der Waals surface area (Å²) in [6, 6.07) is 11.3. The number of amides is 1. The molecule has 0 atom stereocenters. The van der Waals surface area contributed by atoms with E-state index in [-0.39, 0.29) is 13.2 Å². The first-order chi connectivity index (χ1) is 13.0. The summed E-state index contributed by atoms with van der Waals surface area (Å²) in [7, 11) is 0. The summed E-state index contributed by atoms with van der Waals surface area (Å²) in [6.45, 7) is 2.02. The van der Waals surface area contributed by atoms with Crippen LogP contribution >= 0.6 is 23.2 Å². The molecule has 1 N–H and O–H groups in total. The Morgan fingerprint density at radius 1 is 1.15 bits per heavy atom. The van der Waals surface area contributed by atoms with E-state index in [1.807, 2.05) is 0 Å². The summed E-state index contributed by atoms with van der Waals surface area (Å²) in [5.41, 5.74) is 0.802. The highest BCUT2D eigenvalue weighted by molar-refractivity contribution is 6.37. The van der Waals surface area contributed by atoms with Gasteiger partial charge in [-0.1, -0.05) is 29.3 Å². The standard InChI is InChI=1S/C19H15Cl2NO5/c1-2-25-19(24)22-12-6-7-13-11(8-17(23)27-16(13)9-12)10-26-18-14(20)4-3-5-15(18)21/h3-9H,2,10H2,1H3,(H,22,24). The average Bonchev–Trinajstić information content (AvgIpc) is 2.61. The number of carbonyl (C=O) groups is 1. The number of fused-ring (bicyclic) bond motifs is 1. The third-order valence-electron chi connectivity index (χ3n) is 3.64. The van der Waals surface area contributed by atoms with Crippen LogP contribution in [0.2, 0.25) is 10.0 Å². The van der Waals surface area contributed by atoms with Crippen LogP contribution in [0.3, 0.4) is 0 Å². The van der Waals surface area contributed by atoms with Crippen molar-refractivity contribution in [3.8, 4) is 5.75 Å². The predicted molar refractivity (Wildman–Crippen MR) is 104 cm³/mol. The van der Waals surface area contributed by atoms with Gasteiger partial charge in [0.1, 0.15) is 12.2 Å². The van der Waals surface area contributed by atoms with E-state index in [1.54, 1.807) is 43.3 Å². The molecule has 0 saturated heterocycles. The van der Waals surface area contributed by atoms with Gasteiger partial charge >= 0.3 is 11.7 Å². The lowest BCUT2D eigenvalue weighted by molar-refractivity contribution is 0.168. The first kappa shape index (κ1) is 19.1. The van der Waals surface area contributed by atoms with E-state index >= 15 is 0 Å². The van der Waals surface area contributed by atoms with Crippen molar-refractivity contribution in [3.63, 3.8) is 0 Å². The fourth-order valence-corrected chi connectivity index (χ4v) is 2.99. The molecule has 140 valence electrons. The molecule has 0 aliphatic carbocycles. The van der Waals surface area contributed by atoms with Crippen molar-refractivity contribution in [1.82, 2.24) is 0 Å². The summed E-state index contributed by atoms with van der Waals surface area (Å²) in [6.07, 6.45) is -0.591. The highest BCUT2D eigenvalue weighted by atomic mass is 35.5. The third kappa shape index (κ3) is 4.53. The summed E-state index contributed by atoms with van der Waals surface area (Å²) in [5, 5.41) is 3.96. The maximum Gasteiger partial charge on any atom is 0.411 e. The van der Waals surface area contributed by atoms with Gasteiger partial charge < -0.3 is 13.9 Å². The van der Waals surface area contributed by atoms with E-state index in [9.17, 15) is 9.59 Å². The second kappa shape index (κ2) is 8.33. The molecule has 6 nitrogen and oxygen atoms in total. The molecule has 0 aliphatic heterocycles. The molecule has 8 heteroatoms. The van der Waals surface area contributed by atoms with Crippen LogP contribution in [0.1, 0.15) is 12.5 Å². The van der Waals surface area contributed by atoms with E-state index in [2.05, 4.69) is 5.32 Å². The topological polar surface area (TPSA) is 77.8 Å². The van der Waals surface area contributed by atoms with Gasteiger partial charge in [-0.15, -0.1) is 0 Å². The zero-order chi connectivity index (χ0) is 19.4. The van der Waals surface area contributed by atoms with E-state index in [1.165, 1.54) is 6.07 Å². The highest BCUT2D eigenvalue weighted by Crippen LogP contribution is 2.33. The van der Waals surface area contributed by atoms with Crippen molar-refractivity contribution < 1.29 is 18.7 Å². The Morgan fingerprint density at radius 2 is 1.89 bits per heavy atom. The fraction of sp³-hybridized carbons (Fsp3) is 0.158. The van der Waals surface area contributed by atoms with Crippen molar-refractivity contribution in [2.45, 2.75) is 13.5 Å². The monoisotopic (exact) mass is 407 g/mol. The summed E-state index contributed by atoms with van der Waals surface area (Å²) >= 11 is 12.2. The molecule has 0 saturated carbocycles. The van der Waals surface area contributed by atoms with E-state index < -0.39 is 11.7 Å². The molecule has 1 aromatic heterocycles. The van der Waals surface area contributed by atoms with Crippen LogP contribution in [0, 0.1) is 0 Å². The molecule has 2 aromatic carbocycles. The Hall–Kier alpha value is -2.70. The zero-order valence-electron chi connectivity index (χ0n) is 14.3. The van der Waals surface area contributed by atoms with Crippen LogP contribution in [-0.2, 0) is 11.3 Å². The van der Waals surface area contributed by atoms with Gasteiger partial charge in [-0.3, -0.25) is 5.32 Å². The molecule has 0 aliphatic rings. The van der Waals surface area contributed by atoms with Gasteiger partial charge in [0.05, 0.1) is 16.7 Å². The molecule has 27 heavy (non-hydrogen) atoms. The predicted octanol–water partition coefficient (Wildman–Crippen LogP) is 5.25. The Bertz CT molecular complexity index is 1030. The normalized spacial score (nSPS) is 10.6. The number of rotatable bonds is 5. The Labute approximate surface area is 164 Å². The molecule has 0 fully saturated rings. The first-order valence-electron chi connectivity index (χ1n) is 8.05. The highest BCUT2D eigenvalue weighted by Gasteiger charge is 2.12. The van der Waals surface area contributed by atoms with Crippen LogP contribution in [0.5, 0.6) is 5.75 Å². The van der Waals surface area contributed by atoms with Gasteiger partial charge in [0.15, 0.2) is 5.75 Å². The van der Waals surface area contributed by atoms with E-state index in [0.29, 0.717) is 38.0 Å². The van der Waals surface area contributed by atoms with Crippen LogP contribution in [0.15, 0.2) is 51.7 Å². The number of anilines is 1. The molecular weight excluding hydrogens is 393 g/mol. The number of benzene rings is 2. The average molecular weight is 408 g/mol. The minimum absolute atomic E-state index is 0.0657. The Balaban J connectivity index is 1.89.